The Hall–Kier alpha value is -0.120. The van der Waals surface area contributed by atoms with Gasteiger partial charge in [-0.05, 0) is 45.6 Å². The Balaban J connectivity index is 1.47. The quantitative estimate of drug-likeness (QED) is 0.640. The predicted molar refractivity (Wildman–Crippen MR) is 75.9 cm³/mol. The Labute approximate surface area is 112 Å². The van der Waals surface area contributed by atoms with Gasteiger partial charge >= 0.3 is 0 Å². The fraction of sp³-hybridized carbons (Fsp3) is 1.00. The third-order valence-electron chi connectivity index (χ3n) is 4.18. The first-order valence-corrected chi connectivity index (χ1v) is 7.88. The maximum atomic E-state index is 5.58. The van der Waals surface area contributed by atoms with E-state index in [4.69, 9.17) is 4.74 Å². The first-order chi connectivity index (χ1) is 8.81. The maximum Gasteiger partial charge on any atom is 0.0478 e. The van der Waals surface area contributed by atoms with Crippen LogP contribution in [0, 0.1) is 0 Å². The fourth-order valence-electron chi connectivity index (χ4n) is 2.95. The molecule has 1 N–H and O–H groups in total. The van der Waals surface area contributed by atoms with Crippen LogP contribution in [0.1, 0.15) is 52.4 Å². The molecule has 2 aliphatic rings. The highest BCUT2D eigenvalue weighted by atomic mass is 16.5. The van der Waals surface area contributed by atoms with E-state index in [0.717, 1.165) is 44.3 Å². The van der Waals surface area contributed by atoms with Crippen molar-refractivity contribution >= 4 is 0 Å². The predicted octanol–water partition coefficient (Wildman–Crippen LogP) is 2.41. The van der Waals surface area contributed by atoms with Crippen molar-refractivity contribution < 1.29 is 4.74 Å². The van der Waals surface area contributed by atoms with Gasteiger partial charge in [-0.2, -0.15) is 0 Å². The highest BCUT2D eigenvalue weighted by molar-refractivity contribution is 4.95. The Kier molecular flexibility index (Phi) is 5.93. The van der Waals surface area contributed by atoms with E-state index in [0.29, 0.717) is 0 Å². The second kappa shape index (κ2) is 7.46. The van der Waals surface area contributed by atoms with E-state index in [1.54, 1.807) is 0 Å². The van der Waals surface area contributed by atoms with E-state index in [9.17, 15) is 0 Å². The number of nitrogens with zero attached hydrogens (tertiary/aromatic N) is 1. The molecular formula is C15H30N2O. The lowest BCUT2D eigenvalue weighted by Gasteiger charge is -2.19. The van der Waals surface area contributed by atoms with Gasteiger partial charge in [0.2, 0.25) is 0 Å². The summed E-state index contributed by atoms with van der Waals surface area (Å²) in [6, 6.07) is 2.43. The van der Waals surface area contributed by atoms with Gasteiger partial charge in [0.25, 0.3) is 0 Å². The third kappa shape index (κ3) is 4.52. The molecule has 2 rings (SSSR count). The number of likely N-dealkylation sites (tertiary alicyclic amines) is 1. The number of nitrogens with one attached hydrogen (secondary N) is 1. The van der Waals surface area contributed by atoms with Gasteiger partial charge in [0.1, 0.15) is 0 Å². The summed E-state index contributed by atoms with van der Waals surface area (Å²) in [5.41, 5.74) is 0. The molecule has 0 radical (unpaired) electrons. The largest absolute Gasteiger partial charge is 0.381 e. The number of hydrogen-bond acceptors (Lipinski definition) is 3. The third-order valence-corrected chi connectivity index (χ3v) is 4.18. The van der Waals surface area contributed by atoms with Gasteiger partial charge in [0.15, 0.2) is 0 Å². The first-order valence-electron chi connectivity index (χ1n) is 7.88. The molecule has 0 bridgehead atoms. The second-order valence-corrected chi connectivity index (χ2v) is 5.98. The van der Waals surface area contributed by atoms with Gasteiger partial charge in [-0.1, -0.05) is 13.3 Å². The molecule has 1 heterocycles. The smallest absolute Gasteiger partial charge is 0.0478 e. The Bertz CT molecular complexity index is 231. The molecule has 1 aliphatic heterocycles. The molecule has 2 atom stereocenters. The molecule has 0 amide bonds. The average molecular weight is 254 g/mol. The lowest BCUT2D eigenvalue weighted by Crippen LogP contribution is -2.34. The van der Waals surface area contributed by atoms with Gasteiger partial charge in [-0.3, -0.25) is 4.90 Å². The number of hydrogen-bond donors (Lipinski definition) is 1. The molecule has 1 saturated heterocycles. The van der Waals surface area contributed by atoms with Crippen LogP contribution in [0.5, 0.6) is 0 Å². The zero-order valence-electron chi connectivity index (χ0n) is 12.2. The van der Waals surface area contributed by atoms with Crippen molar-refractivity contribution in [2.75, 3.05) is 26.3 Å². The molecule has 18 heavy (non-hydrogen) atoms. The molecule has 0 aromatic heterocycles. The SMILES string of the molecule is CCCCOCCCNC1CC(C)N(C2CC2)C1. The minimum absolute atomic E-state index is 0.719. The van der Waals surface area contributed by atoms with Crippen LogP contribution in [0.3, 0.4) is 0 Å². The fourth-order valence-corrected chi connectivity index (χ4v) is 2.95. The van der Waals surface area contributed by atoms with Crippen LogP contribution in [0.15, 0.2) is 0 Å². The lowest BCUT2D eigenvalue weighted by atomic mass is 10.2. The summed E-state index contributed by atoms with van der Waals surface area (Å²) in [4.78, 5) is 2.70. The Morgan fingerprint density at radius 3 is 2.72 bits per heavy atom. The summed E-state index contributed by atoms with van der Waals surface area (Å²) >= 11 is 0. The van der Waals surface area contributed by atoms with Crippen molar-refractivity contribution in [3.63, 3.8) is 0 Å². The minimum Gasteiger partial charge on any atom is -0.381 e. The van der Waals surface area contributed by atoms with Crippen LogP contribution in [0.25, 0.3) is 0 Å². The van der Waals surface area contributed by atoms with E-state index in [1.807, 2.05) is 0 Å². The molecular weight excluding hydrogens is 224 g/mol. The zero-order valence-corrected chi connectivity index (χ0v) is 12.2. The van der Waals surface area contributed by atoms with E-state index in [2.05, 4.69) is 24.1 Å². The van der Waals surface area contributed by atoms with Crippen LogP contribution < -0.4 is 5.32 Å². The van der Waals surface area contributed by atoms with Crippen molar-refractivity contribution in [2.24, 2.45) is 0 Å². The lowest BCUT2D eigenvalue weighted by molar-refractivity contribution is 0.128. The standard InChI is InChI=1S/C15H30N2O/c1-3-4-9-18-10-5-8-16-14-11-13(2)17(12-14)15-6-7-15/h13-16H,3-12H2,1-2H3. The average Bonchev–Trinajstić information content (AvgIpc) is 3.13. The molecule has 0 spiro atoms. The van der Waals surface area contributed by atoms with Gasteiger partial charge in [0, 0.05) is 37.9 Å². The van der Waals surface area contributed by atoms with Gasteiger partial charge in [0.05, 0.1) is 0 Å². The second-order valence-electron chi connectivity index (χ2n) is 5.98. The first kappa shape index (κ1) is 14.3. The maximum absolute atomic E-state index is 5.58. The molecule has 2 fully saturated rings. The number of unbranched alkanes of at least 4 members (excludes halogenated alkanes) is 1. The Morgan fingerprint density at radius 1 is 1.22 bits per heavy atom. The van der Waals surface area contributed by atoms with Gasteiger partial charge in [-0.25, -0.2) is 0 Å². The summed E-state index contributed by atoms with van der Waals surface area (Å²) in [6.45, 7) is 8.82. The summed E-state index contributed by atoms with van der Waals surface area (Å²) in [5.74, 6) is 0. The molecule has 1 saturated carbocycles. The summed E-state index contributed by atoms with van der Waals surface area (Å²) in [5, 5.41) is 3.69. The molecule has 106 valence electrons. The van der Waals surface area contributed by atoms with E-state index in [1.165, 1.54) is 38.6 Å². The van der Waals surface area contributed by atoms with Gasteiger partial charge in [-0.15, -0.1) is 0 Å². The van der Waals surface area contributed by atoms with Crippen molar-refractivity contribution in [1.82, 2.24) is 10.2 Å². The van der Waals surface area contributed by atoms with Crippen molar-refractivity contribution in [3.05, 3.63) is 0 Å². The van der Waals surface area contributed by atoms with E-state index >= 15 is 0 Å². The van der Waals surface area contributed by atoms with E-state index < -0.39 is 0 Å². The van der Waals surface area contributed by atoms with Crippen molar-refractivity contribution in [3.8, 4) is 0 Å². The summed E-state index contributed by atoms with van der Waals surface area (Å²) < 4.78 is 5.58. The topological polar surface area (TPSA) is 24.5 Å². The van der Waals surface area contributed by atoms with E-state index in [-0.39, 0.29) is 0 Å². The molecule has 3 nitrogen and oxygen atoms in total. The van der Waals surface area contributed by atoms with Crippen molar-refractivity contribution in [1.29, 1.82) is 0 Å². The zero-order chi connectivity index (χ0) is 12.8. The van der Waals surface area contributed by atoms with Crippen LogP contribution in [-0.4, -0.2) is 49.3 Å². The molecule has 3 heteroatoms. The minimum atomic E-state index is 0.719. The molecule has 2 unspecified atom stereocenters. The van der Waals surface area contributed by atoms with Gasteiger partial charge < -0.3 is 10.1 Å². The monoisotopic (exact) mass is 254 g/mol. The molecule has 0 aromatic carbocycles. The molecule has 1 aliphatic carbocycles. The van der Waals surface area contributed by atoms with Crippen LogP contribution in [0.2, 0.25) is 0 Å². The summed E-state index contributed by atoms with van der Waals surface area (Å²) in [6.07, 6.45) is 7.77. The highest BCUT2D eigenvalue weighted by Gasteiger charge is 2.38. The highest BCUT2D eigenvalue weighted by Crippen LogP contribution is 2.33. The van der Waals surface area contributed by atoms with Crippen LogP contribution >= 0.6 is 0 Å². The van der Waals surface area contributed by atoms with Crippen molar-refractivity contribution in [2.45, 2.75) is 70.5 Å². The Morgan fingerprint density at radius 2 is 2.00 bits per heavy atom. The van der Waals surface area contributed by atoms with Crippen LogP contribution in [0.4, 0.5) is 0 Å². The number of rotatable bonds is 9. The summed E-state index contributed by atoms with van der Waals surface area (Å²) in [7, 11) is 0. The normalized spacial score (nSPS) is 29.0. The van der Waals surface area contributed by atoms with Crippen LogP contribution in [-0.2, 0) is 4.74 Å². The molecule has 0 aromatic rings. The number of ether oxygens (including phenoxy) is 1.